The summed E-state index contributed by atoms with van der Waals surface area (Å²) in [4.78, 5) is 4.50. The lowest BCUT2D eigenvalue weighted by Gasteiger charge is -1.87. The van der Waals surface area contributed by atoms with Crippen molar-refractivity contribution in [3.63, 3.8) is 0 Å². The van der Waals surface area contributed by atoms with Gasteiger partial charge in [0.25, 0.3) is 0 Å². The SMILES string of the molecule is CON=CCCC1[CH]C1. The number of hydrogen-bond donors (Lipinski definition) is 0. The molecule has 9 heavy (non-hydrogen) atoms. The molecule has 1 fully saturated rings. The Morgan fingerprint density at radius 3 is 3.22 bits per heavy atom. The molecule has 1 aliphatic carbocycles. The third kappa shape index (κ3) is 3.12. The number of nitrogens with zero attached hydrogens (tertiary/aromatic N) is 1. The van der Waals surface area contributed by atoms with Gasteiger partial charge in [-0.3, -0.25) is 0 Å². The van der Waals surface area contributed by atoms with Crippen LogP contribution in [0.3, 0.4) is 0 Å². The minimum atomic E-state index is 0.883. The van der Waals surface area contributed by atoms with Gasteiger partial charge in [0, 0.05) is 6.21 Å². The van der Waals surface area contributed by atoms with Crippen LogP contribution in [-0.2, 0) is 4.84 Å². The Bertz CT molecular complexity index is 97.1. The zero-order valence-corrected chi connectivity index (χ0v) is 5.71. The molecule has 0 aromatic carbocycles. The fourth-order valence-corrected chi connectivity index (χ4v) is 0.748. The third-order valence-electron chi connectivity index (χ3n) is 1.42. The smallest absolute Gasteiger partial charge is 0.106 e. The van der Waals surface area contributed by atoms with Crippen LogP contribution in [0.4, 0.5) is 0 Å². The lowest BCUT2D eigenvalue weighted by Crippen LogP contribution is -1.79. The van der Waals surface area contributed by atoms with E-state index in [1.54, 1.807) is 7.11 Å². The molecule has 0 saturated heterocycles. The normalized spacial score (nSPS) is 18.8. The second kappa shape index (κ2) is 3.49. The summed E-state index contributed by atoms with van der Waals surface area (Å²) >= 11 is 0. The number of rotatable bonds is 4. The van der Waals surface area contributed by atoms with Crippen LogP contribution in [0.15, 0.2) is 5.16 Å². The molecule has 0 aromatic heterocycles. The van der Waals surface area contributed by atoms with E-state index in [1.165, 1.54) is 12.8 Å². The van der Waals surface area contributed by atoms with Crippen LogP contribution >= 0.6 is 0 Å². The summed E-state index contributed by atoms with van der Waals surface area (Å²) in [5.74, 6) is 0.883. The quantitative estimate of drug-likeness (QED) is 0.414. The van der Waals surface area contributed by atoms with Gasteiger partial charge in [0.05, 0.1) is 0 Å². The maximum atomic E-state index is 4.50. The lowest BCUT2D eigenvalue weighted by molar-refractivity contribution is 0.214. The van der Waals surface area contributed by atoms with Crippen LogP contribution < -0.4 is 0 Å². The van der Waals surface area contributed by atoms with E-state index in [2.05, 4.69) is 16.4 Å². The molecule has 1 saturated carbocycles. The van der Waals surface area contributed by atoms with Crippen LogP contribution in [-0.4, -0.2) is 13.3 Å². The standard InChI is InChI=1S/C7H12NO/c1-9-8-6-2-3-7-4-5-7/h4,6-7H,2-3,5H2,1H3. The fourth-order valence-electron chi connectivity index (χ4n) is 0.748. The van der Waals surface area contributed by atoms with Crippen molar-refractivity contribution in [3.8, 4) is 0 Å². The van der Waals surface area contributed by atoms with E-state index in [-0.39, 0.29) is 0 Å². The van der Waals surface area contributed by atoms with Crippen LogP contribution in [0.25, 0.3) is 0 Å². The molecule has 1 unspecified atom stereocenters. The van der Waals surface area contributed by atoms with Crippen LogP contribution in [0, 0.1) is 12.3 Å². The van der Waals surface area contributed by atoms with Crippen molar-refractivity contribution in [1.29, 1.82) is 0 Å². The highest BCUT2D eigenvalue weighted by atomic mass is 16.6. The molecule has 51 valence electrons. The average molecular weight is 126 g/mol. The van der Waals surface area contributed by atoms with Crippen molar-refractivity contribution in [1.82, 2.24) is 0 Å². The van der Waals surface area contributed by atoms with E-state index in [0.717, 1.165) is 12.3 Å². The molecule has 1 radical (unpaired) electrons. The summed E-state index contributed by atoms with van der Waals surface area (Å²) in [6.07, 6.45) is 7.75. The Morgan fingerprint density at radius 2 is 2.67 bits per heavy atom. The minimum absolute atomic E-state index is 0.883. The lowest BCUT2D eigenvalue weighted by atomic mass is 10.2. The Morgan fingerprint density at radius 1 is 1.89 bits per heavy atom. The van der Waals surface area contributed by atoms with Crippen LogP contribution in [0.1, 0.15) is 19.3 Å². The van der Waals surface area contributed by atoms with Gasteiger partial charge in [-0.25, -0.2) is 0 Å². The molecular formula is C7H12NO. The predicted molar refractivity (Wildman–Crippen MR) is 37.1 cm³/mol. The van der Waals surface area contributed by atoms with Gasteiger partial charge in [0.15, 0.2) is 0 Å². The first-order chi connectivity index (χ1) is 4.43. The maximum Gasteiger partial charge on any atom is 0.106 e. The first-order valence-corrected chi connectivity index (χ1v) is 3.32. The molecular weight excluding hydrogens is 114 g/mol. The third-order valence-corrected chi connectivity index (χ3v) is 1.42. The second-order valence-corrected chi connectivity index (χ2v) is 2.28. The van der Waals surface area contributed by atoms with Crippen LogP contribution in [0.2, 0.25) is 0 Å². The number of oxime groups is 1. The second-order valence-electron chi connectivity index (χ2n) is 2.28. The van der Waals surface area contributed by atoms with Gasteiger partial charge in [-0.15, -0.1) is 0 Å². The first-order valence-electron chi connectivity index (χ1n) is 3.32. The molecule has 0 aliphatic heterocycles. The van der Waals surface area contributed by atoms with Gasteiger partial charge in [-0.2, -0.15) is 0 Å². The van der Waals surface area contributed by atoms with Gasteiger partial charge in [-0.1, -0.05) is 5.16 Å². The fraction of sp³-hybridized carbons (Fsp3) is 0.714. The molecule has 1 rings (SSSR count). The molecule has 0 N–H and O–H groups in total. The monoisotopic (exact) mass is 126 g/mol. The summed E-state index contributed by atoms with van der Waals surface area (Å²) in [5.41, 5.74) is 0. The highest BCUT2D eigenvalue weighted by molar-refractivity contribution is 5.56. The molecule has 0 spiro atoms. The van der Waals surface area contributed by atoms with Crippen LogP contribution in [0.5, 0.6) is 0 Å². The molecule has 1 aliphatic rings. The summed E-state index contributed by atoms with van der Waals surface area (Å²) < 4.78 is 0. The minimum Gasteiger partial charge on any atom is -0.399 e. The summed E-state index contributed by atoms with van der Waals surface area (Å²) in [5, 5.41) is 3.63. The summed E-state index contributed by atoms with van der Waals surface area (Å²) in [7, 11) is 1.57. The van der Waals surface area contributed by atoms with Gasteiger partial charge in [0.2, 0.25) is 0 Å². The summed E-state index contributed by atoms with van der Waals surface area (Å²) in [6.45, 7) is 0. The molecule has 2 heteroatoms. The molecule has 0 bridgehead atoms. The van der Waals surface area contributed by atoms with Crippen molar-refractivity contribution < 1.29 is 4.84 Å². The molecule has 0 heterocycles. The zero-order valence-electron chi connectivity index (χ0n) is 5.71. The zero-order chi connectivity index (χ0) is 6.53. The van der Waals surface area contributed by atoms with E-state index in [0.29, 0.717) is 0 Å². The van der Waals surface area contributed by atoms with Gasteiger partial charge in [0.1, 0.15) is 7.11 Å². The van der Waals surface area contributed by atoms with E-state index >= 15 is 0 Å². The van der Waals surface area contributed by atoms with E-state index in [4.69, 9.17) is 0 Å². The molecule has 0 aromatic rings. The highest BCUT2D eigenvalue weighted by Gasteiger charge is 2.20. The van der Waals surface area contributed by atoms with Gasteiger partial charge < -0.3 is 4.84 Å². The predicted octanol–water partition coefficient (Wildman–Crippen LogP) is 1.62. The van der Waals surface area contributed by atoms with Crippen molar-refractivity contribution in [2.24, 2.45) is 11.1 Å². The molecule has 0 amide bonds. The Hall–Kier alpha value is -0.530. The largest absolute Gasteiger partial charge is 0.399 e. The molecule has 2 nitrogen and oxygen atoms in total. The van der Waals surface area contributed by atoms with E-state index in [1.807, 2.05) is 6.21 Å². The topological polar surface area (TPSA) is 21.6 Å². The van der Waals surface area contributed by atoms with E-state index < -0.39 is 0 Å². The van der Waals surface area contributed by atoms with Crippen molar-refractivity contribution >= 4 is 6.21 Å². The Labute approximate surface area is 55.9 Å². The maximum absolute atomic E-state index is 4.50. The van der Waals surface area contributed by atoms with Gasteiger partial charge >= 0.3 is 0 Å². The van der Waals surface area contributed by atoms with Crippen molar-refractivity contribution in [2.75, 3.05) is 7.11 Å². The Kier molecular flexibility index (Phi) is 2.55. The summed E-state index contributed by atoms with van der Waals surface area (Å²) in [6, 6.07) is 0. The van der Waals surface area contributed by atoms with Crippen molar-refractivity contribution in [2.45, 2.75) is 19.3 Å². The van der Waals surface area contributed by atoms with Crippen molar-refractivity contribution in [3.05, 3.63) is 6.42 Å². The van der Waals surface area contributed by atoms with E-state index in [9.17, 15) is 0 Å². The molecule has 1 atom stereocenters. The number of hydrogen-bond acceptors (Lipinski definition) is 2. The highest BCUT2D eigenvalue weighted by Crippen LogP contribution is 2.31. The average Bonchev–Trinajstić information content (AvgIpc) is 2.63. The first kappa shape index (κ1) is 6.59. The van der Waals surface area contributed by atoms with Gasteiger partial charge in [-0.05, 0) is 31.6 Å². The Balaban J connectivity index is 1.85.